The Morgan fingerprint density at radius 3 is 2.41 bits per heavy atom. The zero-order valence-electron chi connectivity index (χ0n) is 24.4. The van der Waals surface area contributed by atoms with Crippen molar-refractivity contribution in [2.24, 2.45) is 0 Å². The minimum Gasteiger partial charge on any atom is -0.503 e. The molecule has 10 heteroatoms. The predicted octanol–water partition coefficient (Wildman–Crippen LogP) is 6.40. The zero-order valence-corrected chi connectivity index (χ0v) is 25.2. The third-order valence-electron chi connectivity index (χ3n) is 6.89. The van der Waals surface area contributed by atoms with E-state index in [-0.39, 0.29) is 22.2 Å². The number of methoxy groups -OCH3 is 1. The Morgan fingerprint density at radius 1 is 1.02 bits per heavy atom. The molecule has 0 fully saturated rings. The Balaban J connectivity index is 1.56. The number of aliphatic hydroxyl groups excluding tert-OH is 1. The number of hydrogen-bond donors (Lipinski definition) is 1. The molecule has 1 aromatic heterocycles. The van der Waals surface area contributed by atoms with Gasteiger partial charge in [-0.25, -0.2) is 9.78 Å². The maximum absolute atomic E-state index is 13.7. The average Bonchev–Trinajstić information content (AvgIpc) is 3.55. The molecule has 9 nitrogen and oxygen atoms in total. The van der Waals surface area contributed by atoms with Crippen molar-refractivity contribution >= 4 is 40.2 Å². The first-order chi connectivity index (χ1) is 21.3. The van der Waals surface area contributed by atoms with Crippen molar-refractivity contribution in [1.29, 1.82) is 0 Å². The van der Waals surface area contributed by atoms with Crippen LogP contribution in [0.2, 0.25) is 0 Å². The molecule has 2 heterocycles. The van der Waals surface area contributed by atoms with E-state index in [9.17, 15) is 19.5 Å². The highest BCUT2D eigenvalue weighted by molar-refractivity contribution is 7.17. The molecule has 1 unspecified atom stereocenters. The highest BCUT2D eigenvalue weighted by Crippen LogP contribution is 2.45. The molecule has 0 saturated carbocycles. The number of carbonyl (C=O) groups is 3. The van der Waals surface area contributed by atoms with Crippen molar-refractivity contribution < 1.29 is 33.7 Å². The number of thiazole rings is 1. The second kappa shape index (κ2) is 13.4. The Bertz CT molecular complexity index is 1750. The Kier molecular flexibility index (Phi) is 9.20. The average molecular weight is 611 g/mol. The van der Waals surface area contributed by atoms with Gasteiger partial charge < -0.3 is 19.3 Å². The van der Waals surface area contributed by atoms with Crippen LogP contribution in [0.15, 0.2) is 96.3 Å². The quantitative estimate of drug-likeness (QED) is 0.153. The highest BCUT2D eigenvalue weighted by atomic mass is 32.1. The summed E-state index contributed by atoms with van der Waals surface area (Å²) in [5.41, 5.74) is 2.44. The zero-order chi connectivity index (χ0) is 31.2. The number of amides is 1. The summed E-state index contributed by atoms with van der Waals surface area (Å²) in [4.78, 5) is 45.7. The first-order valence-electron chi connectivity index (χ1n) is 13.9. The lowest BCUT2D eigenvalue weighted by atomic mass is 9.95. The third-order valence-corrected chi connectivity index (χ3v) is 8.03. The molecule has 1 atom stereocenters. The monoisotopic (exact) mass is 610 g/mol. The van der Waals surface area contributed by atoms with Crippen LogP contribution in [0.4, 0.5) is 5.13 Å². The number of anilines is 1. The van der Waals surface area contributed by atoms with Gasteiger partial charge in [0.2, 0.25) is 0 Å². The lowest BCUT2D eigenvalue weighted by molar-refractivity contribution is -0.117. The van der Waals surface area contributed by atoms with Gasteiger partial charge in [0, 0.05) is 0 Å². The van der Waals surface area contributed by atoms with E-state index in [1.165, 1.54) is 18.1 Å². The minimum absolute atomic E-state index is 0.130. The molecule has 0 aliphatic carbocycles. The van der Waals surface area contributed by atoms with Crippen molar-refractivity contribution in [2.45, 2.75) is 26.5 Å². The summed E-state index contributed by atoms with van der Waals surface area (Å²) in [6.45, 7) is 3.79. The van der Waals surface area contributed by atoms with E-state index in [1.807, 2.05) is 60.7 Å². The first-order valence-corrected chi connectivity index (χ1v) is 14.7. The number of allylic oxidation sites excluding steroid dienone is 1. The molecule has 1 aliphatic heterocycles. The van der Waals surface area contributed by atoms with Crippen LogP contribution in [-0.2, 0) is 20.9 Å². The second-order valence-electron chi connectivity index (χ2n) is 9.76. The number of aryl methyl sites for hydroxylation is 1. The summed E-state index contributed by atoms with van der Waals surface area (Å²) >= 11 is 0.948. The molecule has 0 spiro atoms. The van der Waals surface area contributed by atoms with Crippen molar-refractivity contribution in [3.05, 3.63) is 124 Å². The first kappa shape index (κ1) is 30.2. The Labute approximate surface area is 258 Å². The third kappa shape index (κ3) is 6.25. The predicted molar refractivity (Wildman–Crippen MR) is 167 cm³/mol. The number of esters is 1. The largest absolute Gasteiger partial charge is 0.503 e. The van der Waals surface area contributed by atoms with Gasteiger partial charge in [0.1, 0.15) is 11.5 Å². The summed E-state index contributed by atoms with van der Waals surface area (Å²) in [6, 6.07) is 22.8. The van der Waals surface area contributed by atoms with Crippen LogP contribution in [0.25, 0.3) is 6.08 Å². The molecule has 1 N–H and O–H groups in total. The lowest BCUT2D eigenvalue weighted by Gasteiger charge is -2.25. The molecular weight excluding hydrogens is 580 g/mol. The van der Waals surface area contributed by atoms with Crippen LogP contribution in [0.3, 0.4) is 0 Å². The van der Waals surface area contributed by atoms with Gasteiger partial charge in [0.25, 0.3) is 5.91 Å². The number of nitrogens with zero attached hydrogens (tertiary/aromatic N) is 2. The van der Waals surface area contributed by atoms with Crippen LogP contribution < -0.4 is 14.4 Å². The molecule has 0 saturated heterocycles. The lowest BCUT2D eigenvalue weighted by Crippen LogP contribution is -2.30. The summed E-state index contributed by atoms with van der Waals surface area (Å²) in [7, 11) is 1.49. The fourth-order valence-electron chi connectivity index (χ4n) is 4.78. The number of benzene rings is 3. The number of rotatable bonds is 11. The van der Waals surface area contributed by atoms with E-state index in [0.717, 1.165) is 22.5 Å². The van der Waals surface area contributed by atoms with Gasteiger partial charge >= 0.3 is 5.97 Å². The molecule has 5 rings (SSSR count). The molecule has 0 radical (unpaired) electrons. The standard InChI is InChI=1S/C34H30N2O7S/c1-4-42-33(40)31-21(2)35-34(44-31)36-29(28(30(38)32(36)39)25(37)17-15-22-11-7-5-8-12-22)24-16-18-26(27(19-24)41-3)43-20-23-13-9-6-10-14-23/h5-19,29,38H,4,20H2,1-3H3. The molecular formula is C34H30N2O7S. The van der Waals surface area contributed by atoms with Crippen molar-refractivity contribution in [3.63, 3.8) is 0 Å². The van der Waals surface area contributed by atoms with Gasteiger partial charge in [-0.1, -0.05) is 84.1 Å². The number of aromatic nitrogens is 1. The van der Waals surface area contributed by atoms with E-state index in [2.05, 4.69) is 4.98 Å². The fourth-order valence-corrected chi connectivity index (χ4v) is 5.76. The molecule has 3 aromatic carbocycles. The summed E-state index contributed by atoms with van der Waals surface area (Å²) in [5.74, 6) is -1.83. The molecule has 224 valence electrons. The Hall–Kier alpha value is -5.22. The van der Waals surface area contributed by atoms with E-state index >= 15 is 0 Å². The van der Waals surface area contributed by atoms with E-state index < -0.39 is 29.5 Å². The molecule has 4 aromatic rings. The van der Waals surface area contributed by atoms with E-state index in [4.69, 9.17) is 14.2 Å². The molecule has 1 amide bonds. The van der Waals surface area contributed by atoms with E-state index in [0.29, 0.717) is 29.4 Å². The van der Waals surface area contributed by atoms with Crippen molar-refractivity contribution in [1.82, 2.24) is 4.98 Å². The second-order valence-corrected chi connectivity index (χ2v) is 10.7. The van der Waals surface area contributed by atoms with Crippen LogP contribution in [-0.4, -0.2) is 41.5 Å². The van der Waals surface area contributed by atoms with Crippen LogP contribution >= 0.6 is 11.3 Å². The maximum atomic E-state index is 13.7. The number of ketones is 1. The molecule has 44 heavy (non-hydrogen) atoms. The van der Waals surface area contributed by atoms with Crippen molar-refractivity contribution in [3.8, 4) is 11.5 Å². The van der Waals surface area contributed by atoms with Gasteiger partial charge in [-0.2, -0.15) is 0 Å². The van der Waals surface area contributed by atoms with Crippen LogP contribution in [0.5, 0.6) is 11.5 Å². The van der Waals surface area contributed by atoms with Crippen molar-refractivity contribution in [2.75, 3.05) is 18.6 Å². The van der Waals surface area contributed by atoms with E-state index in [1.54, 1.807) is 38.1 Å². The SMILES string of the molecule is CCOC(=O)c1sc(N2C(=O)C(O)=C(C(=O)C=Cc3ccccc3)C2c2ccc(OCc3ccccc3)c(OC)c2)nc1C. The van der Waals surface area contributed by atoms with Crippen LogP contribution in [0.1, 0.15) is 45.0 Å². The van der Waals surface area contributed by atoms with Gasteiger partial charge in [-0.05, 0) is 48.7 Å². The van der Waals surface area contributed by atoms with Gasteiger partial charge in [-0.3, -0.25) is 14.5 Å². The van der Waals surface area contributed by atoms with Crippen LogP contribution in [0, 0.1) is 6.92 Å². The molecule has 0 bridgehead atoms. The van der Waals surface area contributed by atoms with Gasteiger partial charge in [-0.15, -0.1) is 0 Å². The number of aliphatic hydroxyl groups is 1. The van der Waals surface area contributed by atoms with Gasteiger partial charge in [0.05, 0.1) is 31.0 Å². The summed E-state index contributed by atoms with van der Waals surface area (Å²) < 4.78 is 16.8. The maximum Gasteiger partial charge on any atom is 0.350 e. The minimum atomic E-state index is -1.08. The Morgan fingerprint density at radius 2 is 1.73 bits per heavy atom. The fraction of sp³-hybridized carbons (Fsp3) is 0.176. The number of carbonyl (C=O) groups excluding carboxylic acids is 3. The summed E-state index contributed by atoms with van der Waals surface area (Å²) in [5, 5.41) is 11.2. The smallest absolute Gasteiger partial charge is 0.350 e. The normalized spacial score (nSPS) is 14.8. The topological polar surface area (TPSA) is 115 Å². The van der Waals surface area contributed by atoms with Gasteiger partial charge in [0.15, 0.2) is 28.2 Å². The number of ether oxygens (including phenoxy) is 3. The highest BCUT2D eigenvalue weighted by Gasteiger charge is 2.45. The summed E-state index contributed by atoms with van der Waals surface area (Å²) in [6.07, 6.45) is 2.93. The molecule has 1 aliphatic rings. The number of hydrogen-bond acceptors (Lipinski definition) is 9.